The van der Waals surface area contributed by atoms with Crippen LogP contribution in [-0.4, -0.2) is 24.3 Å². The number of halogens is 1. The first-order valence-corrected chi connectivity index (χ1v) is 6.75. The molecule has 5 heteroatoms. The SMILES string of the molecule is CC1CC(OC(=O)c2c(N)cccc2Cl)CC(C)O1. The summed E-state index contributed by atoms with van der Waals surface area (Å²) in [4.78, 5) is 12.1. The normalized spacial score (nSPS) is 27.0. The van der Waals surface area contributed by atoms with Gasteiger partial charge in [-0.25, -0.2) is 4.79 Å². The fraction of sp³-hybridized carbons (Fsp3) is 0.500. The van der Waals surface area contributed by atoms with Gasteiger partial charge in [0.1, 0.15) is 11.7 Å². The van der Waals surface area contributed by atoms with Crippen molar-refractivity contribution in [2.75, 3.05) is 5.73 Å². The van der Waals surface area contributed by atoms with Gasteiger partial charge in [-0.1, -0.05) is 17.7 Å². The van der Waals surface area contributed by atoms with Gasteiger partial charge in [-0.05, 0) is 26.0 Å². The highest BCUT2D eigenvalue weighted by atomic mass is 35.5. The summed E-state index contributed by atoms with van der Waals surface area (Å²) >= 11 is 5.99. The largest absolute Gasteiger partial charge is 0.458 e. The van der Waals surface area contributed by atoms with Gasteiger partial charge in [0.2, 0.25) is 0 Å². The summed E-state index contributed by atoms with van der Waals surface area (Å²) in [5, 5.41) is 0.318. The first-order valence-electron chi connectivity index (χ1n) is 6.37. The number of nitrogens with two attached hydrogens (primary N) is 1. The number of nitrogen functional groups attached to an aromatic ring is 1. The van der Waals surface area contributed by atoms with E-state index < -0.39 is 5.97 Å². The standard InChI is InChI=1S/C14H18ClNO3/c1-8-6-10(7-9(2)18-8)19-14(17)13-11(15)4-3-5-12(13)16/h3-5,8-10H,6-7,16H2,1-2H3. The summed E-state index contributed by atoms with van der Waals surface area (Å²) in [7, 11) is 0. The van der Waals surface area contributed by atoms with E-state index in [-0.39, 0.29) is 23.9 Å². The Kier molecular flexibility index (Phi) is 4.32. The number of hydrogen-bond donors (Lipinski definition) is 1. The van der Waals surface area contributed by atoms with Gasteiger partial charge >= 0.3 is 5.97 Å². The molecule has 2 atom stereocenters. The summed E-state index contributed by atoms with van der Waals surface area (Å²) in [6, 6.07) is 4.97. The third-order valence-electron chi connectivity index (χ3n) is 3.18. The fourth-order valence-electron chi connectivity index (χ4n) is 2.41. The molecule has 0 aromatic heterocycles. The minimum absolute atomic E-state index is 0.0881. The van der Waals surface area contributed by atoms with E-state index in [4.69, 9.17) is 26.8 Å². The highest BCUT2D eigenvalue weighted by Gasteiger charge is 2.28. The van der Waals surface area contributed by atoms with Crippen LogP contribution in [0.1, 0.15) is 37.0 Å². The van der Waals surface area contributed by atoms with Crippen LogP contribution in [0.5, 0.6) is 0 Å². The number of esters is 1. The van der Waals surface area contributed by atoms with E-state index in [1.807, 2.05) is 13.8 Å². The monoisotopic (exact) mass is 283 g/mol. The Balaban J connectivity index is 2.09. The molecule has 1 aromatic carbocycles. The Morgan fingerprint density at radius 1 is 1.37 bits per heavy atom. The van der Waals surface area contributed by atoms with Crippen LogP contribution in [0.3, 0.4) is 0 Å². The van der Waals surface area contributed by atoms with Crippen LogP contribution in [0, 0.1) is 0 Å². The Bertz CT molecular complexity index is 448. The number of hydrogen-bond acceptors (Lipinski definition) is 4. The van der Waals surface area contributed by atoms with Gasteiger partial charge in [0.15, 0.2) is 0 Å². The molecule has 2 unspecified atom stereocenters. The summed E-state index contributed by atoms with van der Waals surface area (Å²) in [6.07, 6.45) is 1.41. The zero-order chi connectivity index (χ0) is 14.0. The third-order valence-corrected chi connectivity index (χ3v) is 3.49. The van der Waals surface area contributed by atoms with Crippen molar-refractivity contribution in [2.24, 2.45) is 0 Å². The van der Waals surface area contributed by atoms with E-state index in [1.165, 1.54) is 0 Å². The molecule has 0 spiro atoms. The third kappa shape index (κ3) is 3.39. The van der Waals surface area contributed by atoms with E-state index in [1.54, 1.807) is 18.2 Å². The second kappa shape index (κ2) is 5.80. The molecule has 0 bridgehead atoms. The van der Waals surface area contributed by atoms with E-state index in [0.29, 0.717) is 23.6 Å². The smallest absolute Gasteiger partial charge is 0.342 e. The lowest BCUT2D eigenvalue weighted by molar-refractivity contribution is -0.0855. The summed E-state index contributed by atoms with van der Waals surface area (Å²) in [5.41, 5.74) is 6.36. The summed E-state index contributed by atoms with van der Waals surface area (Å²) in [6.45, 7) is 3.95. The van der Waals surface area contributed by atoms with Crippen molar-refractivity contribution in [1.82, 2.24) is 0 Å². The van der Waals surface area contributed by atoms with E-state index in [9.17, 15) is 4.79 Å². The van der Waals surface area contributed by atoms with Crippen molar-refractivity contribution in [3.05, 3.63) is 28.8 Å². The van der Waals surface area contributed by atoms with Crippen LogP contribution in [-0.2, 0) is 9.47 Å². The van der Waals surface area contributed by atoms with Crippen LogP contribution >= 0.6 is 11.6 Å². The van der Waals surface area contributed by atoms with Gasteiger partial charge in [-0.3, -0.25) is 0 Å². The van der Waals surface area contributed by atoms with Gasteiger partial charge in [0.05, 0.1) is 17.2 Å². The molecule has 4 nitrogen and oxygen atoms in total. The Hall–Kier alpha value is -1.26. The van der Waals surface area contributed by atoms with E-state index in [0.717, 1.165) is 0 Å². The summed E-state index contributed by atoms with van der Waals surface area (Å²) in [5.74, 6) is -0.464. The molecule has 1 heterocycles. The number of carbonyl (C=O) groups excluding carboxylic acids is 1. The lowest BCUT2D eigenvalue weighted by atomic mass is 10.0. The topological polar surface area (TPSA) is 61.5 Å². The summed E-state index contributed by atoms with van der Waals surface area (Å²) < 4.78 is 11.1. The molecular formula is C14H18ClNO3. The number of rotatable bonds is 2. The molecule has 2 N–H and O–H groups in total. The molecule has 0 amide bonds. The van der Waals surface area contributed by atoms with E-state index >= 15 is 0 Å². The van der Waals surface area contributed by atoms with Crippen molar-refractivity contribution in [3.8, 4) is 0 Å². The maximum atomic E-state index is 12.1. The van der Waals surface area contributed by atoms with Gasteiger partial charge < -0.3 is 15.2 Å². The molecule has 2 rings (SSSR count). The Labute approximate surface area is 117 Å². The maximum absolute atomic E-state index is 12.1. The van der Waals surface area contributed by atoms with Crippen LogP contribution in [0.2, 0.25) is 5.02 Å². The lowest BCUT2D eigenvalue weighted by Gasteiger charge is -2.31. The highest BCUT2D eigenvalue weighted by molar-refractivity contribution is 6.34. The van der Waals surface area contributed by atoms with Crippen LogP contribution in [0.15, 0.2) is 18.2 Å². The predicted molar refractivity (Wildman–Crippen MR) is 74.3 cm³/mol. The van der Waals surface area contributed by atoms with Crippen molar-refractivity contribution < 1.29 is 14.3 Å². The van der Waals surface area contributed by atoms with Crippen molar-refractivity contribution in [3.63, 3.8) is 0 Å². The Morgan fingerprint density at radius 2 is 2.00 bits per heavy atom. The molecule has 0 aliphatic carbocycles. The molecular weight excluding hydrogens is 266 g/mol. The number of carbonyl (C=O) groups is 1. The molecule has 104 valence electrons. The quantitative estimate of drug-likeness (QED) is 0.669. The minimum Gasteiger partial charge on any atom is -0.458 e. The average Bonchev–Trinajstić information content (AvgIpc) is 2.26. The zero-order valence-electron chi connectivity index (χ0n) is 11.1. The Morgan fingerprint density at radius 3 is 2.58 bits per heavy atom. The van der Waals surface area contributed by atoms with Crippen molar-refractivity contribution in [1.29, 1.82) is 0 Å². The minimum atomic E-state index is -0.464. The molecule has 19 heavy (non-hydrogen) atoms. The van der Waals surface area contributed by atoms with Gasteiger partial charge in [0, 0.05) is 18.5 Å². The van der Waals surface area contributed by atoms with Gasteiger partial charge in [-0.2, -0.15) is 0 Å². The number of benzene rings is 1. The first-order chi connectivity index (χ1) is 8.97. The highest BCUT2D eigenvalue weighted by Crippen LogP contribution is 2.26. The number of anilines is 1. The van der Waals surface area contributed by atoms with Crippen LogP contribution in [0.25, 0.3) is 0 Å². The molecule has 1 aliphatic heterocycles. The maximum Gasteiger partial charge on any atom is 0.342 e. The second-order valence-corrected chi connectivity index (χ2v) is 5.37. The van der Waals surface area contributed by atoms with Crippen molar-refractivity contribution >= 4 is 23.3 Å². The molecule has 1 fully saturated rings. The van der Waals surface area contributed by atoms with Gasteiger partial charge in [0.25, 0.3) is 0 Å². The molecule has 1 aliphatic rings. The van der Waals surface area contributed by atoms with Crippen LogP contribution < -0.4 is 5.73 Å². The second-order valence-electron chi connectivity index (χ2n) is 4.96. The molecule has 0 saturated carbocycles. The molecule has 1 saturated heterocycles. The van der Waals surface area contributed by atoms with Crippen molar-refractivity contribution in [2.45, 2.75) is 45.0 Å². The molecule has 0 radical (unpaired) electrons. The van der Waals surface area contributed by atoms with Gasteiger partial charge in [-0.15, -0.1) is 0 Å². The zero-order valence-corrected chi connectivity index (χ0v) is 11.8. The number of ether oxygens (including phenoxy) is 2. The van der Waals surface area contributed by atoms with Crippen LogP contribution in [0.4, 0.5) is 5.69 Å². The fourth-order valence-corrected chi connectivity index (χ4v) is 2.67. The lowest BCUT2D eigenvalue weighted by Crippen LogP contribution is -2.35. The predicted octanol–water partition coefficient (Wildman–Crippen LogP) is 3.04. The first kappa shape index (κ1) is 14.2. The molecule has 1 aromatic rings. The van der Waals surface area contributed by atoms with E-state index in [2.05, 4.69) is 0 Å². The average molecular weight is 284 g/mol.